The van der Waals surface area contributed by atoms with Gasteiger partial charge < -0.3 is 9.80 Å². The molecule has 2 fully saturated rings. The number of nitrogens with zero attached hydrogens (tertiary/aromatic N) is 6. The quantitative estimate of drug-likeness (QED) is 0.794. The summed E-state index contributed by atoms with van der Waals surface area (Å²) in [5.74, 6) is 1.27. The number of anilines is 2. The molecule has 0 aromatic carbocycles. The number of carbonyl (C=O) groups is 1. The Morgan fingerprint density at radius 1 is 1.19 bits per heavy atom. The van der Waals surface area contributed by atoms with Crippen molar-refractivity contribution >= 4 is 17.5 Å². The van der Waals surface area contributed by atoms with Gasteiger partial charge in [0, 0.05) is 51.2 Å². The van der Waals surface area contributed by atoms with E-state index in [1.807, 2.05) is 18.1 Å². The summed E-state index contributed by atoms with van der Waals surface area (Å²) in [5.41, 5.74) is 0.888. The number of carbonyl (C=O) groups excluding carboxylic acids is 1. The number of fused-ring (bicyclic) bond motifs is 1. The van der Waals surface area contributed by atoms with Gasteiger partial charge in [-0.25, -0.2) is 9.97 Å². The van der Waals surface area contributed by atoms with Gasteiger partial charge in [-0.2, -0.15) is 5.10 Å². The minimum absolute atomic E-state index is 0.0361. The van der Waals surface area contributed by atoms with Gasteiger partial charge in [0.1, 0.15) is 0 Å². The van der Waals surface area contributed by atoms with Gasteiger partial charge in [-0.1, -0.05) is 0 Å². The van der Waals surface area contributed by atoms with E-state index < -0.39 is 0 Å². The van der Waals surface area contributed by atoms with E-state index in [4.69, 9.17) is 0 Å². The van der Waals surface area contributed by atoms with Gasteiger partial charge >= 0.3 is 0 Å². The molecule has 2 aliphatic heterocycles. The Kier molecular flexibility index (Phi) is 2.66. The smallest absolute Gasteiger partial charge is 0.232 e. The first-order valence-corrected chi connectivity index (χ1v) is 7.04. The van der Waals surface area contributed by atoms with Gasteiger partial charge in [0.25, 0.3) is 0 Å². The van der Waals surface area contributed by atoms with Crippen molar-refractivity contribution in [2.75, 3.05) is 29.4 Å². The molecule has 2 aromatic rings. The zero-order valence-electron chi connectivity index (χ0n) is 11.8. The molecule has 0 bridgehead atoms. The van der Waals surface area contributed by atoms with Crippen molar-refractivity contribution in [3.8, 4) is 0 Å². The van der Waals surface area contributed by atoms with Crippen LogP contribution in [0, 0.1) is 11.8 Å². The summed E-state index contributed by atoms with van der Waals surface area (Å²) in [4.78, 5) is 25.1. The van der Waals surface area contributed by atoms with Crippen molar-refractivity contribution in [3.05, 3.63) is 30.9 Å². The molecule has 21 heavy (non-hydrogen) atoms. The third-order valence-corrected chi connectivity index (χ3v) is 4.28. The molecule has 0 radical (unpaired) electrons. The van der Waals surface area contributed by atoms with Gasteiger partial charge in [0.05, 0.1) is 17.8 Å². The van der Waals surface area contributed by atoms with Crippen LogP contribution < -0.4 is 9.80 Å². The van der Waals surface area contributed by atoms with Crippen LogP contribution >= 0.6 is 0 Å². The van der Waals surface area contributed by atoms with Gasteiger partial charge in [-0.15, -0.1) is 0 Å². The second-order valence-electron chi connectivity index (χ2n) is 5.64. The van der Waals surface area contributed by atoms with Crippen molar-refractivity contribution < 1.29 is 4.79 Å². The minimum atomic E-state index is 0.0361. The number of aryl methyl sites for hydroxylation is 1. The topological polar surface area (TPSA) is 67.2 Å². The number of hydrogen-bond donors (Lipinski definition) is 0. The maximum absolute atomic E-state index is 12.6. The van der Waals surface area contributed by atoms with Crippen LogP contribution in [0.1, 0.15) is 0 Å². The molecule has 0 saturated carbocycles. The van der Waals surface area contributed by atoms with E-state index >= 15 is 0 Å². The minimum Gasteiger partial charge on any atom is -0.340 e. The Bertz CT molecular complexity index is 669. The van der Waals surface area contributed by atoms with E-state index in [0.29, 0.717) is 18.4 Å². The fourth-order valence-corrected chi connectivity index (χ4v) is 3.26. The van der Waals surface area contributed by atoms with E-state index in [1.165, 1.54) is 0 Å². The summed E-state index contributed by atoms with van der Waals surface area (Å²) < 4.78 is 1.72. The molecule has 0 unspecified atom stereocenters. The van der Waals surface area contributed by atoms with E-state index in [2.05, 4.69) is 20.0 Å². The largest absolute Gasteiger partial charge is 0.340 e. The summed E-state index contributed by atoms with van der Waals surface area (Å²) in [6.07, 6.45) is 7.11. The number of aromatic nitrogens is 4. The average molecular weight is 284 g/mol. The van der Waals surface area contributed by atoms with Crippen LogP contribution in [0.3, 0.4) is 0 Å². The summed E-state index contributed by atoms with van der Waals surface area (Å²) >= 11 is 0. The highest BCUT2D eigenvalue weighted by atomic mass is 16.2. The second kappa shape index (κ2) is 4.54. The Balaban J connectivity index is 1.52. The first kappa shape index (κ1) is 12.3. The molecule has 2 aliphatic rings. The molecule has 1 amide bonds. The maximum Gasteiger partial charge on any atom is 0.232 e. The van der Waals surface area contributed by atoms with Crippen LogP contribution in [-0.4, -0.2) is 45.3 Å². The Morgan fingerprint density at radius 2 is 2.00 bits per heavy atom. The molecule has 7 heteroatoms. The lowest BCUT2D eigenvalue weighted by Crippen LogP contribution is -2.33. The first-order chi connectivity index (χ1) is 10.2. The molecule has 2 saturated heterocycles. The van der Waals surface area contributed by atoms with Crippen LogP contribution in [0.15, 0.2) is 30.9 Å². The van der Waals surface area contributed by atoms with Crippen LogP contribution in [0.2, 0.25) is 0 Å². The molecular formula is C14H16N6O. The highest BCUT2D eigenvalue weighted by Gasteiger charge is 2.47. The predicted molar refractivity (Wildman–Crippen MR) is 76.8 cm³/mol. The standard InChI is InChI=1S/C14H16N6O/c1-18-8-11(5-17-18)20-7-10-6-19(9-12(10)13(20)21)14-15-3-2-4-16-14/h2-5,8,10,12H,6-7,9H2,1H3/t10-,12-/m0/s1. The van der Waals surface area contributed by atoms with Crippen molar-refractivity contribution in [1.82, 2.24) is 19.7 Å². The number of rotatable bonds is 2. The molecule has 4 heterocycles. The molecular weight excluding hydrogens is 268 g/mol. The van der Waals surface area contributed by atoms with E-state index in [1.54, 1.807) is 29.3 Å². The molecule has 2 aromatic heterocycles. The fraction of sp³-hybridized carbons (Fsp3) is 0.429. The van der Waals surface area contributed by atoms with Crippen molar-refractivity contribution in [3.63, 3.8) is 0 Å². The van der Waals surface area contributed by atoms with Gasteiger partial charge in [-0.3, -0.25) is 9.48 Å². The molecule has 2 atom stereocenters. The first-order valence-electron chi connectivity index (χ1n) is 7.04. The van der Waals surface area contributed by atoms with E-state index in [0.717, 1.165) is 18.8 Å². The van der Waals surface area contributed by atoms with E-state index in [-0.39, 0.29) is 11.8 Å². The fourth-order valence-electron chi connectivity index (χ4n) is 3.26. The maximum atomic E-state index is 12.6. The second-order valence-corrected chi connectivity index (χ2v) is 5.64. The Labute approximate surface area is 122 Å². The molecule has 0 aliphatic carbocycles. The van der Waals surface area contributed by atoms with Crippen LogP contribution in [-0.2, 0) is 11.8 Å². The zero-order valence-corrected chi connectivity index (χ0v) is 11.8. The van der Waals surface area contributed by atoms with Gasteiger partial charge in [0.2, 0.25) is 11.9 Å². The van der Waals surface area contributed by atoms with Crippen molar-refractivity contribution in [1.29, 1.82) is 0 Å². The molecule has 4 rings (SSSR count). The lowest BCUT2D eigenvalue weighted by atomic mass is 10.0. The monoisotopic (exact) mass is 284 g/mol. The summed E-state index contributed by atoms with van der Waals surface area (Å²) in [6, 6.07) is 1.80. The van der Waals surface area contributed by atoms with Crippen LogP contribution in [0.4, 0.5) is 11.6 Å². The lowest BCUT2D eigenvalue weighted by Gasteiger charge is -2.20. The number of hydrogen-bond acceptors (Lipinski definition) is 5. The van der Waals surface area contributed by atoms with Crippen molar-refractivity contribution in [2.24, 2.45) is 18.9 Å². The Hall–Kier alpha value is -2.44. The lowest BCUT2D eigenvalue weighted by molar-refractivity contribution is -0.120. The summed E-state index contributed by atoms with van der Waals surface area (Å²) in [6.45, 7) is 2.28. The normalized spacial score (nSPS) is 24.7. The van der Waals surface area contributed by atoms with Crippen LogP contribution in [0.5, 0.6) is 0 Å². The highest BCUT2D eigenvalue weighted by molar-refractivity contribution is 5.98. The molecule has 7 nitrogen and oxygen atoms in total. The Morgan fingerprint density at radius 3 is 2.67 bits per heavy atom. The summed E-state index contributed by atoms with van der Waals surface area (Å²) in [5, 5.41) is 4.14. The molecule has 108 valence electrons. The van der Waals surface area contributed by atoms with Gasteiger partial charge in [0.15, 0.2) is 0 Å². The average Bonchev–Trinajstić information content (AvgIpc) is 3.17. The van der Waals surface area contributed by atoms with E-state index in [9.17, 15) is 4.79 Å². The number of amides is 1. The molecule has 0 N–H and O–H groups in total. The SMILES string of the molecule is Cn1cc(N2C[C@@H]3CN(c4ncccn4)C[C@@H]3C2=O)cn1. The molecule has 0 spiro atoms. The third kappa shape index (κ3) is 1.96. The summed E-state index contributed by atoms with van der Waals surface area (Å²) in [7, 11) is 1.86. The zero-order chi connectivity index (χ0) is 14.4. The highest BCUT2D eigenvalue weighted by Crippen LogP contribution is 2.35. The van der Waals surface area contributed by atoms with Gasteiger partial charge in [-0.05, 0) is 6.07 Å². The predicted octanol–water partition coefficient (Wildman–Crippen LogP) is 0.309. The third-order valence-electron chi connectivity index (χ3n) is 4.28. The van der Waals surface area contributed by atoms with Crippen molar-refractivity contribution in [2.45, 2.75) is 0 Å². The van der Waals surface area contributed by atoms with Crippen LogP contribution in [0.25, 0.3) is 0 Å².